The third-order valence-electron chi connectivity index (χ3n) is 3.99. The highest BCUT2D eigenvalue weighted by molar-refractivity contribution is 5.91. The van der Waals surface area contributed by atoms with Gasteiger partial charge in [-0.2, -0.15) is 0 Å². The number of aryl methyl sites for hydroxylation is 1. The lowest BCUT2D eigenvalue weighted by Gasteiger charge is -2.12. The van der Waals surface area contributed by atoms with Crippen molar-refractivity contribution in [1.82, 2.24) is 10.2 Å². The van der Waals surface area contributed by atoms with E-state index in [2.05, 4.69) is 10.2 Å². The van der Waals surface area contributed by atoms with Gasteiger partial charge < -0.3 is 9.15 Å². The fourth-order valence-corrected chi connectivity index (χ4v) is 2.35. The highest BCUT2D eigenvalue weighted by Crippen LogP contribution is 2.24. The van der Waals surface area contributed by atoms with Crippen LogP contribution in [0.4, 0.5) is 4.39 Å². The second kappa shape index (κ2) is 6.84. The Morgan fingerprint density at radius 2 is 1.84 bits per heavy atom. The van der Waals surface area contributed by atoms with Gasteiger partial charge in [-0.05, 0) is 62.2 Å². The van der Waals surface area contributed by atoms with E-state index in [0.717, 1.165) is 11.1 Å². The number of hydrogen-bond donors (Lipinski definition) is 0. The first-order chi connectivity index (χ1) is 12.0. The average molecular weight is 340 g/mol. The molecule has 25 heavy (non-hydrogen) atoms. The van der Waals surface area contributed by atoms with E-state index >= 15 is 0 Å². The van der Waals surface area contributed by atoms with Crippen molar-refractivity contribution < 1.29 is 18.3 Å². The van der Waals surface area contributed by atoms with Crippen LogP contribution in [0.2, 0.25) is 0 Å². The average Bonchev–Trinajstić information content (AvgIpc) is 3.08. The second-order valence-electron chi connectivity index (χ2n) is 5.75. The summed E-state index contributed by atoms with van der Waals surface area (Å²) in [6.45, 7) is 5.46. The summed E-state index contributed by atoms with van der Waals surface area (Å²) in [6, 6.07) is 11.2. The number of nitrogens with zero attached hydrogens (tertiary/aromatic N) is 2. The van der Waals surface area contributed by atoms with Crippen LogP contribution in [-0.4, -0.2) is 16.2 Å². The summed E-state index contributed by atoms with van der Waals surface area (Å²) < 4.78 is 23.9. The highest BCUT2D eigenvalue weighted by Gasteiger charge is 2.21. The molecule has 1 aromatic heterocycles. The van der Waals surface area contributed by atoms with E-state index in [1.165, 1.54) is 12.1 Å². The number of carbonyl (C=O) groups excluding carboxylic acids is 1. The Morgan fingerprint density at radius 3 is 2.56 bits per heavy atom. The van der Waals surface area contributed by atoms with Crippen LogP contribution < -0.4 is 0 Å². The maximum atomic E-state index is 13.0. The van der Waals surface area contributed by atoms with Crippen LogP contribution in [-0.2, 0) is 4.74 Å². The summed E-state index contributed by atoms with van der Waals surface area (Å²) in [5, 5.41) is 7.83. The molecule has 0 saturated carbocycles. The highest BCUT2D eigenvalue weighted by atomic mass is 19.1. The molecule has 6 heteroatoms. The molecular weight excluding hydrogens is 323 g/mol. The van der Waals surface area contributed by atoms with E-state index in [9.17, 15) is 9.18 Å². The monoisotopic (exact) mass is 340 g/mol. The molecule has 0 aliphatic rings. The van der Waals surface area contributed by atoms with Crippen molar-refractivity contribution in [3.63, 3.8) is 0 Å². The van der Waals surface area contributed by atoms with Gasteiger partial charge in [0.2, 0.25) is 5.89 Å². The molecule has 0 N–H and O–H groups in total. The maximum Gasteiger partial charge on any atom is 0.339 e. The summed E-state index contributed by atoms with van der Waals surface area (Å²) in [5.41, 5.74) is 2.98. The first-order valence-corrected chi connectivity index (χ1v) is 7.82. The molecule has 0 bridgehead atoms. The lowest BCUT2D eigenvalue weighted by molar-refractivity contribution is 0.0279. The molecule has 0 amide bonds. The van der Waals surface area contributed by atoms with Crippen LogP contribution in [0.5, 0.6) is 0 Å². The number of ether oxygens (including phenoxy) is 1. The number of rotatable bonds is 4. The van der Waals surface area contributed by atoms with E-state index in [1.54, 1.807) is 25.1 Å². The smallest absolute Gasteiger partial charge is 0.339 e. The number of benzene rings is 2. The van der Waals surface area contributed by atoms with E-state index in [0.29, 0.717) is 11.1 Å². The summed E-state index contributed by atoms with van der Waals surface area (Å²) in [7, 11) is 0. The SMILES string of the molecule is Cc1cccc(C(=O)O[C@H](C)c2nnc(-c3ccc(F)cc3)o2)c1C. The second-order valence-corrected chi connectivity index (χ2v) is 5.75. The number of carbonyl (C=O) groups is 1. The number of hydrogen-bond acceptors (Lipinski definition) is 5. The zero-order valence-electron chi connectivity index (χ0n) is 14.1. The summed E-state index contributed by atoms with van der Waals surface area (Å²) in [6.07, 6.45) is -0.700. The minimum absolute atomic E-state index is 0.179. The molecular formula is C19H17FN2O3. The lowest BCUT2D eigenvalue weighted by Crippen LogP contribution is -2.11. The van der Waals surface area contributed by atoms with Gasteiger partial charge in [0.15, 0.2) is 6.10 Å². The van der Waals surface area contributed by atoms with Gasteiger partial charge in [0.05, 0.1) is 5.56 Å². The Balaban J connectivity index is 1.75. The minimum atomic E-state index is -0.700. The first kappa shape index (κ1) is 16.8. The molecule has 2 aromatic carbocycles. The molecule has 3 aromatic rings. The lowest BCUT2D eigenvalue weighted by atomic mass is 10.0. The molecule has 1 atom stereocenters. The summed E-state index contributed by atoms with van der Waals surface area (Å²) in [5.74, 6) is -0.378. The van der Waals surface area contributed by atoms with Gasteiger partial charge >= 0.3 is 5.97 Å². The van der Waals surface area contributed by atoms with Gasteiger partial charge in [0, 0.05) is 5.56 Å². The number of aromatic nitrogens is 2. The van der Waals surface area contributed by atoms with Crippen LogP contribution in [0.1, 0.15) is 40.4 Å². The molecule has 128 valence electrons. The van der Waals surface area contributed by atoms with Crippen LogP contribution in [0, 0.1) is 19.7 Å². The van der Waals surface area contributed by atoms with E-state index in [-0.39, 0.29) is 17.6 Å². The molecule has 0 aliphatic carbocycles. The summed E-state index contributed by atoms with van der Waals surface area (Å²) >= 11 is 0. The maximum absolute atomic E-state index is 13.0. The van der Waals surface area contributed by atoms with Gasteiger partial charge in [0.25, 0.3) is 5.89 Å². The van der Waals surface area contributed by atoms with Gasteiger partial charge in [-0.15, -0.1) is 10.2 Å². The number of esters is 1. The Hall–Kier alpha value is -3.02. The Bertz CT molecular complexity index is 903. The zero-order chi connectivity index (χ0) is 18.0. The van der Waals surface area contributed by atoms with E-state index < -0.39 is 12.1 Å². The molecule has 5 nitrogen and oxygen atoms in total. The Morgan fingerprint density at radius 1 is 1.12 bits per heavy atom. The van der Waals surface area contributed by atoms with Gasteiger partial charge in [0.1, 0.15) is 5.82 Å². The van der Waals surface area contributed by atoms with Crippen LogP contribution in [0.25, 0.3) is 11.5 Å². The molecule has 0 unspecified atom stereocenters. The molecule has 3 rings (SSSR count). The quantitative estimate of drug-likeness (QED) is 0.658. The standard InChI is InChI=1S/C19H17FN2O3/c1-11-5-4-6-16(12(11)2)19(23)24-13(3)17-21-22-18(25-17)14-7-9-15(20)10-8-14/h4-10,13H,1-3H3/t13-/m1/s1. The molecule has 0 spiro atoms. The first-order valence-electron chi connectivity index (χ1n) is 7.82. The van der Waals surface area contributed by atoms with Crippen molar-refractivity contribution in [3.05, 3.63) is 70.9 Å². The van der Waals surface area contributed by atoms with Gasteiger partial charge in [-0.3, -0.25) is 0 Å². The molecule has 0 radical (unpaired) electrons. The topological polar surface area (TPSA) is 65.2 Å². The minimum Gasteiger partial charge on any atom is -0.449 e. The molecule has 0 fully saturated rings. The zero-order valence-corrected chi connectivity index (χ0v) is 14.1. The van der Waals surface area contributed by atoms with Gasteiger partial charge in [-0.25, -0.2) is 9.18 Å². The van der Waals surface area contributed by atoms with Crippen molar-refractivity contribution in [3.8, 4) is 11.5 Å². The van der Waals surface area contributed by atoms with Crippen molar-refractivity contribution in [2.24, 2.45) is 0 Å². The van der Waals surface area contributed by atoms with Crippen molar-refractivity contribution in [1.29, 1.82) is 0 Å². The fraction of sp³-hybridized carbons (Fsp3) is 0.211. The molecule has 1 heterocycles. The van der Waals surface area contributed by atoms with Crippen molar-refractivity contribution in [2.75, 3.05) is 0 Å². The summed E-state index contributed by atoms with van der Waals surface area (Å²) in [4.78, 5) is 12.4. The third-order valence-corrected chi connectivity index (χ3v) is 3.99. The normalized spacial score (nSPS) is 12.0. The fourth-order valence-electron chi connectivity index (χ4n) is 2.35. The van der Waals surface area contributed by atoms with Crippen LogP contribution >= 0.6 is 0 Å². The Labute approximate surface area is 144 Å². The predicted octanol–water partition coefficient (Wildman–Crippen LogP) is 4.41. The molecule has 0 saturated heterocycles. The van der Waals surface area contributed by atoms with E-state index in [4.69, 9.17) is 9.15 Å². The number of halogens is 1. The van der Waals surface area contributed by atoms with E-state index in [1.807, 2.05) is 26.0 Å². The van der Waals surface area contributed by atoms with Crippen LogP contribution in [0.15, 0.2) is 46.9 Å². The third kappa shape index (κ3) is 3.57. The van der Waals surface area contributed by atoms with Crippen molar-refractivity contribution >= 4 is 5.97 Å². The Kier molecular flexibility index (Phi) is 4.61. The molecule has 0 aliphatic heterocycles. The predicted molar refractivity (Wildman–Crippen MR) is 89.4 cm³/mol. The van der Waals surface area contributed by atoms with Crippen molar-refractivity contribution in [2.45, 2.75) is 26.9 Å². The van der Waals surface area contributed by atoms with Gasteiger partial charge in [-0.1, -0.05) is 12.1 Å². The largest absolute Gasteiger partial charge is 0.449 e. The van der Waals surface area contributed by atoms with Crippen LogP contribution in [0.3, 0.4) is 0 Å².